The number of rotatable bonds is 4. The quantitative estimate of drug-likeness (QED) is 0.184. The number of hydrogen-bond donors (Lipinski definition) is 0. The summed E-state index contributed by atoms with van der Waals surface area (Å²) in [5.41, 5.74) is 11.8. The molecular formula is C51H39N3. The van der Waals surface area contributed by atoms with Crippen LogP contribution in [0.3, 0.4) is 0 Å². The number of benzene rings is 7. The van der Waals surface area contributed by atoms with Crippen LogP contribution >= 0.6 is 0 Å². The maximum absolute atomic E-state index is 5.05. The Morgan fingerprint density at radius 2 is 0.981 bits per heavy atom. The Bertz CT molecular complexity index is 2700. The third-order valence-corrected chi connectivity index (χ3v) is 13.7. The summed E-state index contributed by atoms with van der Waals surface area (Å²) in [5, 5.41) is 5.24. The number of aromatic nitrogens is 3. The van der Waals surface area contributed by atoms with Crippen molar-refractivity contribution in [2.45, 2.75) is 37.5 Å². The molecule has 3 heteroatoms. The van der Waals surface area contributed by atoms with Gasteiger partial charge < -0.3 is 0 Å². The van der Waals surface area contributed by atoms with Gasteiger partial charge >= 0.3 is 0 Å². The van der Waals surface area contributed by atoms with Crippen LogP contribution in [0.25, 0.3) is 78.0 Å². The van der Waals surface area contributed by atoms with Crippen molar-refractivity contribution in [3.8, 4) is 56.4 Å². The van der Waals surface area contributed by atoms with Crippen molar-refractivity contribution in [3.05, 3.63) is 163 Å². The van der Waals surface area contributed by atoms with Gasteiger partial charge in [-0.3, -0.25) is 0 Å². The van der Waals surface area contributed by atoms with Gasteiger partial charge in [0.25, 0.3) is 0 Å². The van der Waals surface area contributed by atoms with Crippen molar-refractivity contribution < 1.29 is 0 Å². The van der Waals surface area contributed by atoms with Gasteiger partial charge in [0, 0.05) is 22.1 Å². The molecule has 4 fully saturated rings. The predicted molar refractivity (Wildman–Crippen MR) is 220 cm³/mol. The fraction of sp³-hybridized carbons (Fsp3) is 0.196. The third kappa shape index (κ3) is 4.39. The lowest BCUT2D eigenvalue weighted by atomic mass is 9.43. The summed E-state index contributed by atoms with van der Waals surface area (Å²) >= 11 is 0. The van der Waals surface area contributed by atoms with Gasteiger partial charge in [0.1, 0.15) is 0 Å². The monoisotopic (exact) mass is 693 g/mol. The molecule has 0 saturated heterocycles. The van der Waals surface area contributed by atoms with E-state index >= 15 is 0 Å². The minimum Gasteiger partial charge on any atom is -0.208 e. The molecule has 3 nitrogen and oxygen atoms in total. The minimum atomic E-state index is 0.102. The largest absolute Gasteiger partial charge is 0.208 e. The predicted octanol–water partition coefficient (Wildman–Crippen LogP) is 12.6. The normalized spacial score (nSPS) is 23.3. The lowest BCUT2D eigenvalue weighted by Crippen LogP contribution is -2.55. The Kier molecular flexibility index (Phi) is 6.52. The van der Waals surface area contributed by atoms with Crippen LogP contribution in [0.4, 0.5) is 0 Å². The third-order valence-electron chi connectivity index (χ3n) is 13.7. The Hall–Kier alpha value is -5.93. The summed E-state index contributed by atoms with van der Waals surface area (Å²) in [6.07, 6.45) is 6.99. The van der Waals surface area contributed by atoms with E-state index < -0.39 is 0 Å². The van der Waals surface area contributed by atoms with Gasteiger partial charge in [-0.25, -0.2) is 15.0 Å². The standard InChI is InChI=1S/C51H39N3/c1-3-11-35(12-4-1)48-52-49(36-13-5-2-6-14-36)54-50(53-48)38-21-19-33-18-20-37(29-39(33)30-38)42-16-9-17-45-46(42)44-23-22-34-10-7-8-15-43(34)47(44)51(45)40-25-31-24-32(27-40)28-41(51)26-31/h1-23,29-32,40-41H,24-28H2. The average Bonchev–Trinajstić information content (AvgIpc) is 3.54. The van der Waals surface area contributed by atoms with E-state index in [1.807, 2.05) is 36.4 Å². The highest BCUT2D eigenvalue weighted by Crippen LogP contribution is 2.70. The van der Waals surface area contributed by atoms with E-state index in [9.17, 15) is 0 Å². The van der Waals surface area contributed by atoms with E-state index in [1.165, 1.54) is 75.9 Å². The van der Waals surface area contributed by atoms with Crippen LogP contribution in [-0.4, -0.2) is 15.0 Å². The average molecular weight is 694 g/mol. The van der Waals surface area contributed by atoms with E-state index in [0.29, 0.717) is 17.5 Å². The Labute approximate surface area is 315 Å². The van der Waals surface area contributed by atoms with Crippen molar-refractivity contribution in [3.63, 3.8) is 0 Å². The summed E-state index contributed by atoms with van der Waals surface area (Å²) in [6, 6.07) is 55.4. The van der Waals surface area contributed by atoms with Crippen LogP contribution < -0.4 is 0 Å². The van der Waals surface area contributed by atoms with E-state index in [-0.39, 0.29) is 5.41 Å². The van der Waals surface area contributed by atoms with E-state index in [4.69, 9.17) is 15.0 Å². The highest BCUT2D eigenvalue weighted by Gasteiger charge is 2.62. The molecule has 0 amide bonds. The Morgan fingerprint density at radius 1 is 0.407 bits per heavy atom. The molecular weight excluding hydrogens is 655 g/mol. The minimum absolute atomic E-state index is 0.102. The van der Waals surface area contributed by atoms with Crippen molar-refractivity contribution in [2.24, 2.45) is 23.7 Å². The molecule has 1 aromatic heterocycles. The van der Waals surface area contributed by atoms with Gasteiger partial charge in [-0.1, -0.05) is 140 Å². The summed E-state index contributed by atoms with van der Waals surface area (Å²) in [6.45, 7) is 0. The summed E-state index contributed by atoms with van der Waals surface area (Å²) in [7, 11) is 0. The van der Waals surface area contributed by atoms with Crippen molar-refractivity contribution in [1.82, 2.24) is 15.0 Å². The SMILES string of the molecule is c1ccc(-c2nc(-c3ccccc3)nc(-c3ccc4ccc(-c5cccc6c5-c5ccc7ccccc7c5C65C6CC7CC(C6)CC5C7)cc4c3)n2)cc1. The van der Waals surface area contributed by atoms with E-state index in [2.05, 4.69) is 115 Å². The molecule has 258 valence electrons. The van der Waals surface area contributed by atoms with Crippen molar-refractivity contribution in [1.29, 1.82) is 0 Å². The molecule has 0 atom stereocenters. The molecule has 0 radical (unpaired) electrons. The fourth-order valence-corrected chi connectivity index (χ4v) is 11.8. The lowest BCUT2D eigenvalue weighted by Gasteiger charge is -2.61. The first-order valence-corrected chi connectivity index (χ1v) is 19.8. The molecule has 4 saturated carbocycles. The zero-order valence-corrected chi connectivity index (χ0v) is 30.1. The van der Waals surface area contributed by atoms with Crippen LogP contribution in [-0.2, 0) is 5.41 Å². The van der Waals surface area contributed by atoms with Crippen molar-refractivity contribution >= 4 is 21.5 Å². The molecule has 7 aromatic carbocycles. The number of hydrogen-bond acceptors (Lipinski definition) is 3. The van der Waals surface area contributed by atoms with Crippen LogP contribution in [0, 0.1) is 23.7 Å². The van der Waals surface area contributed by atoms with Gasteiger partial charge in [-0.2, -0.15) is 0 Å². The molecule has 8 aromatic rings. The molecule has 13 rings (SSSR count). The van der Waals surface area contributed by atoms with Crippen molar-refractivity contribution in [2.75, 3.05) is 0 Å². The van der Waals surface area contributed by atoms with Gasteiger partial charge in [0.15, 0.2) is 17.5 Å². The lowest BCUT2D eigenvalue weighted by molar-refractivity contribution is -0.0393. The van der Waals surface area contributed by atoms with E-state index in [1.54, 1.807) is 11.1 Å². The van der Waals surface area contributed by atoms with Gasteiger partial charge in [-0.05, 0) is 123 Å². The zero-order chi connectivity index (χ0) is 35.4. The van der Waals surface area contributed by atoms with Gasteiger partial charge in [0.2, 0.25) is 0 Å². The van der Waals surface area contributed by atoms with Gasteiger partial charge in [0.05, 0.1) is 0 Å². The van der Waals surface area contributed by atoms with Crippen LogP contribution in [0.15, 0.2) is 152 Å². The summed E-state index contributed by atoms with van der Waals surface area (Å²) in [4.78, 5) is 15.0. The molecule has 1 spiro atoms. The van der Waals surface area contributed by atoms with Crippen LogP contribution in [0.1, 0.15) is 43.2 Å². The molecule has 5 aliphatic carbocycles. The highest BCUT2D eigenvalue weighted by atomic mass is 15.0. The first kappa shape index (κ1) is 30.5. The van der Waals surface area contributed by atoms with Gasteiger partial charge in [-0.15, -0.1) is 0 Å². The Morgan fingerprint density at radius 3 is 1.67 bits per heavy atom. The van der Waals surface area contributed by atoms with Crippen LogP contribution in [0.2, 0.25) is 0 Å². The number of fused-ring (bicyclic) bond motifs is 6. The second-order valence-electron chi connectivity index (χ2n) is 16.4. The zero-order valence-electron chi connectivity index (χ0n) is 30.1. The summed E-state index contributed by atoms with van der Waals surface area (Å²) < 4.78 is 0. The maximum atomic E-state index is 5.05. The molecule has 0 N–H and O–H groups in total. The first-order valence-electron chi connectivity index (χ1n) is 19.8. The fourth-order valence-electron chi connectivity index (χ4n) is 11.8. The smallest absolute Gasteiger partial charge is 0.164 e. The maximum Gasteiger partial charge on any atom is 0.164 e. The first-order chi connectivity index (χ1) is 26.7. The van der Waals surface area contributed by atoms with Crippen LogP contribution in [0.5, 0.6) is 0 Å². The molecule has 0 unspecified atom stereocenters. The second kappa shape index (κ2) is 11.5. The molecule has 4 bridgehead atoms. The molecule has 54 heavy (non-hydrogen) atoms. The topological polar surface area (TPSA) is 38.7 Å². The summed E-state index contributed by atoms with van der Waals surface area (Å²) in [5.74, 6) is 5.30. The Balaban J connectivity index is 1.03. The molecule has 0 aliphatic heterocycles. The second-order valence-corrected chi connectivity index (χ2v) is 16.4. The molecule has 5 aliphatic rings. The molecule has 1 heterocycles. The highest BCUT2D eigenvalue weighted by molar-refractivity contribution is 6.03. The number of nitrogens with zero attached hydrogens (tertiary/aromatic N) is 3. The van der Waals surface area contributed by atoms with E-state index in [0.717, 1.165) is 40.4 Å².